The van der Waals surface area contributed by atoms with E-state index in [1.807, 2.05) is 0 Å². The number of hydrogen-bond donors (Lipinski definition) is 0. The van der Waals surface area contributed by atoms with Gasteiger partial charge in [-0.15, -0.1) is 0 Å². The molecule has 0 amide bonds. The zero-order chi connectivity index (χ0) is 7.78. The first-order valence-corrected chi connectivity index (χ1v) is 2.55. The second kappa shape index (κ2) is 2.07. The van der Waals surface area contributed by atoms with Crippen molar-refractivity contribution in [2.24, 2.45) is 0 Å². The fourth-order valence-corrected chi connectivity index (χ4v) is 0.447. The molecule has 5 heteroatoms. The van der Waals surface area contributed by atoms with Crippen molar-refractivity contribution in [1.29, 1.82) is 0 Å². The minimum Gasteiger partial charge on any atom is -0.453 e. The van der Waals surface area contributed by atoms with Gasteiger partial charge in [0.05, 0.1) is 0 Å². The summed E-state index contributed by atoms with van der Waals surface area (Å²) in [5.74, 6) is -2.59. The average Bonchev–Trinajstić information content (AvgIpc) is 1.81. The highest BCUT2D eigenvalue weighted by Gasteiger charge is 2.41. The van der Waals surface area contributed by atoms with Gasteiger partial charge in [0, 0.05) is 6.92 Å². The van der Waals surface area contributed by atoms with Crippen LogP contribution < -0.4 is 0 Å². The van der Waals surface area contributed by atoms with Crippen molar-refractivity contribution in [2.45, 2.75) is 19.1 Å². The van der Waals surface area contributed by atoms with Crippen LogP contribution in [0.25, 0.3) is 0 Å². The predicted octanol–water partition coefficient (Wildman–Crippen LogP) is 1.78. The lowest BCUT2D eigenvalue weighted by Gasteiger charge is -2.26. The van der Waals surface area contributed by atoms with Crippen LogP contribution in [-0.4, -0.2) is 12.2 Å². The first-order chi connectivity index (χ1) is 4.52. The van der Waals surface area contributed by atoms with Crippen LogP contribution >= 0.6 is 0 Å². The highest BCUT2D eigenvalue weighted by Crippen LogP contribution is 2.28. The maximum absolute atomic E-state index is 12.5. The topological polar surface area (TPSA) is 18.5 Å². The molecule has 0 spiro atoms. The average molecular weight is 154 g/mol. The Balaban J connectivity index is 2.70. The fourth-order valence-electron chi connectivity index (χ4n) is 0.447. The number of ether oxygens (including phenoxy) is 2. The van der Waals surface area contributed by atoms with Crippen molar-refractivity contribution in [3.05, 3.63) is 12.3 Å². The van der Waals surface area contributed by atoms with Gasteiger partial charge >= 0.3 is 18.2 Å². The Morgan fingerprint density at radius 1 is 1.70 bits per heavy atom. The minimum absolute atomic E-state index is 0.385. The van der Waals surface area contributed by atoms with Crippen molar-refractivity contribution in [2.75, 3.05) is 0 Å². The Labute approximate surface area is 55.2 Å². The van der Waals surface area contributed by atoms with E-state index < -0.39 is 18.2 Å². The molecule has 0 radical (unpaired) electrons. The van der Waals surface area contributed by atoms with E-state index in [1.54, 1.807) is 0 Å². The van der Waals surface area contributed by atoms with Crippen molar-refractivity contribution < 1.29 is 22.6 Å². The van der Waals surface area contributed by atoms with Crippen molar-refractivity contribution in [1.82, 2.24) is 0 Å². The van der Waals surface area contributed by atoms with E-state index in [9.17, 15) is 13.2 Å². The summed E-state index contributed by atoms with van der Waals surface area (Å²) in [5, 5.41) is 0. The molecule has 1 aliphatic heterocycles. The van der Waals surface area contributed by atoms with Gasteiger partial charge in [0.1, 0.15) is 0 Å². The summed E-state index contributed by atoms with van der Waals surface area (Å²) in [7, 11) is 0. The Bertz CT molecular complexity index is 166. The molecular weight excluding hydrogens is 149 g/mol. The van der Waals surface area contributed by atoms with Gasteiger partial charge < -0.3 is 9.47 Å². The Morgan fingerprint density at radius 2 is 2.30 bits per heavy atom. The molecule has 2 atom stereocenters. The Kier molecular flexibility index (Phi) is 1.50. The zero-order valence-corrected chi connectivity index (χ0v) is 5.11. The number of halogens is 3. The lowest BCUT2D eigenvalue weighted by molar-refractivity contribution is -0.246. The molecule has 0 aliphatic carbocycles. The van der Waals surface area contributed by atoms with Gasteiger partial charge in [-0.25, -0.2) is 0 Å². The summed E-state index contributed by atoms with van der Waals surface area (Å²) in [6.45, 7) is 0.806. The molecule has 1 rings (SSSR count). The van der Waals surface area contributed by atoms with E-state index in [2.05, 4.69) is 9.47 Å². The molecule has 10 heavy (non-hydrogen) atoms. The van der Waals surface area contributed by atoms with Crippen LogP contribution in [-0.2, 0) is 9.47 Å². The van der Waals surface area contributed by atoms with Crippen molar-refractivity contribution >= 4 is 0 Å². The van der Waals surface area contributed by atoms with Crippen LogP contribution in [0.3, 0.4) is 0 Å². The lowest BCUT2D eigenvalue weighted by Crippen LogP contribution is -2.37. The van der Waals surface area contributed by atoms with E-state index in [0.717, 1.165) is 6.92 Å². The molecule has 2 unspecified atom stereocenters. The van der Waals surface area contributed by atoms with Gasteiger partial charge in [0.25, 0.3) is 0 Å². The van der Waals surface area contributed by atoms with Gasteiger partial charge in [0.2, 0.25) is 0 Å². The smallest absolute Gasteiger partial charge is 0.311 e. The fraction of sp³-hybridized carbons (Fsp3) is 0.600. The summed E-state index contributed by atoms with van der Waals surface area (Å²) in [4.78, 5) is 0. The summed E-state index contributed by atoms with van der Waals surface area (Å²) in [6.07, 6.45) is -2.02. The first-order valence-electron chi connectivity index (χ1n) is 2.55. The van der Waals surface area contributed by atoms with E-state index in [-0.39, 0.29) is 0 Å². The Morgan fingerprint density at radius 3 is 2.70 bits per heavy atom. The third-order valence-electron chi connectivity index (χ3n) is 1.00. The standard InChI is InChI=1S/C5H5F3O2/c1-5(8)4(7)10-3(6)2-9-5/h2,4H,1H3. The molecule has 0 aromatic rings. The van der Waals surface area contributed by atoms with Crippen LogP contribution in [0.4, 0.5) is 13.2 Å². The van der Waals surface area contributed by atoms with Gasteiger partial charge in [-0.1, -0.05) is 0 Å². The van der Waals surface area contributed by atoms with E-state index in [4.69, 9.17) is 0 Å². The summed E-state index contributed by atoms with van der Waals surface area (Å²) >= 11 is 0. The van der Waals surface area contributed by atoms with Crippen LogP contribution in [0.2, 0.25) is 0 Å². The molecule has 0 aromatic heterocycles. The molecule has 58 valence electrons. The van der Waals surface area contributed by atoms with Crippen molar-refractivity contribution in [3.8, 4) is 0 Å². The minimum atomic E-state index is -2.59. The highest BCUT2D eigenvalue weighted by atomic mass is 19.2. The summed E-state index contributed by atoms with van der Waals surface area (Å²) < 4.78 is 44.3. The maximum Gasteiger partial charge on any atom is 0.311 e. The molecule has 0 aromatic carbocycles. The number of rotatable bonds is 0. The summed E-state index contributed by atoms with van der Waals surface area (Å²) in [6, 6.07) is -1.26. The lowest BCUT2D eigenvalue weighted by atomic mass is 10.3. The molecular formula is C5H5F3O2. The first kappa shape index (κ1) is 7.24. The zero-order valence-electron chi connectivity index (χ0n) is 5.11. The van der Waals surface area contributed by atoms with Crippen molar-refractivity contribution in [3.63, 3.8) is 0 Å². The van der Waals surface area contributed by atoms with Crippen LogP contribution in [0.5, 0.6) is 0 Å². The van der Waals surface area contributed by atoms with E-state index >= 15 is 0 Å². The van der Waals surface area contributed by atoms with Gasteiger partial charge in [0.15, 0.2) is 6.26 Å². The largest absolute Gasteiger partial charge is 0.453 e. The SMILES string of the molecule is CC1(F)OC=C(F)OC1F. The molecule has 0 saturated carbocycles. The Hall–Kier alpha value is -0.870. The normalized spacial score (nSPS) is 39.6. The maximum atomic E-state index is 12.5. The van der Waals surface area contributed by atoms with Gasteiger partial charge in [-0.3, -0.25) is 0 Å². The number of hydrogen-bond acceptors (Lipinski definition) is 2. The molecule has 2 nitrogen and oxygen atoms in total. The highest BCUT2D eigenvalue weighted by molar-refractivity contribution is 4.84. The third-order valence-corrected chi connectivity index (χ3v) is 1.00. The molecule has 0 fully saturated rings. The summed E-state index contributed by atoms with van der Waals surface area (Å²) in [5.41, 5.74) is 0. The number of alkyl halides is 2. The molecule has 0 N–H and O–H groups in total. The van der Waals surface area contributed by atoms with Gasteiger partial charge in [-0.2, -0.15) is 13.2 Å². The molecule has 0 bridgehead atoms. The molecule has 1 aliphatic rings. The monoisotopic (exact) mass is 154 g/mol. The van der Waals surface area contributed by atoms with E-state index in [0.29, 0.717) is 6.26 Å². The second-order valence-corrected chi connectivity index (χ2v) is 1.96. The molecule has 1 heterocycles. The van der Waals surface area contributed by atoms with Crippen LogP contribution in [0.1, 0.15) is 6.92 Å². The van der Waals surface area contributed by atoms with Gasteiger partial charge in [-0.05, 0) is 0 Å². The predicted molar refractivity (Wildman–Crippen MR) is 25.8 cm³/mol. The quantitative estimate of drug-likeness (QED) is 0.529. The third kappa shape index (κ3) is 1.17. The second-order valence-electron chi connectivity index (χ2n) is 1.96. The van der Waals surface area contributed by atoms with E-state index in [1.165, 1.54) is 0 Å². The van der Waals surface area contributed by atoms with Crippen LogP contribution in [0, 0.1) is 0 Å². The molecule has 0 saturated heterocycles. The van der Waals surface area contributed by atoms with Crippen LogP contribution in [0.15, 0.2) is 12.3 Å².